The van der Waals surface area contributed by atoms with Crippen LogP contribution < -0.4 is 5.32 Å². The Balaban J connectivity index is 1.72. The number of aromatic carboxylic acids is 1. The first-order valence-corrected chi connectivity index (χ1v) is 11.2. The van der Waals surface area contributed by atoms with Crippen molar-refractivity contribution in [1.29, 1.82) is 0 Å². The summed E-state index contributed by atoms with van der Waals surface area (Å²) >= 11 is 7.43. The van der Waals surface area contributed by atoms with Crippen molar-refractivity contribution in [1.82, 2.24) is 10.2 Å². The fourth-order valence-corrected chi connectivity index (χ4v) is 4.48. The molecule has 0 radical (unpaired) electrons. The molecule has 3 rings (SSSR count). The number of nitrogens with one attached hydrogen (secondary N) is 1. The van der Waals surface area contributed by atoms with E-state index in [0.29, 0.717) is 16.5 Å². The molecule has 2 aromatic carbocycles. The van der Waals surface area contributed by atoms with Gasteiger partial charge in [0, 0.05) is 22.5 Å². The topological polar surface area (TPSA) is 89.9 Å². The molecule has 0 saturated carbocycles. The summed E-state index contributed by atoms with van der Waals surface area (Å²) in [7, 11) is 0. The number of rotatable bonds is 7. The highest BCUT2D eigenvalue weighted by molar-refractivity contribution is 8.00. The van der Waals surface area contributed by atoms with E-state index >= 15 is 0 Å². The van der Waals surface area contributed by atoms with Crippen LogP contribution in [-0.4, -0.2) is 51.9 Å². The number of benzene rings is 2. The van der Waals surface area contributed by atoms with Crippen LogP contribution in [0.4, 0.5) is 0 Å². The number of carbonyl (C=O) groups is 2. The zero-order valence-corrected chi connectivity index (χ0v) is 18.3. The number of nitrogens with zero attached hydrogens (tertiary/aromatic N) is 1. The number of carboxylic acid groups (broad SMARTS) is 1. The Morgan fingerprint density at radius 1 is 1.20 bits per heavy atom. The van der Waals surface area contributed by atoms with Crippen molar-refractivity contribution < 1.29 is 19.8 Å². The van der Waals surface area contributed by atoms with Crippen LogP contribution in [0.5, 0.6) is 5.75 Å². The van der Waals surface area contributed by atoms with Crippen LogP contribution in [0.3, 0.4) is 0 Å². The first-order chi connectivity index (χ1) is 14.3. The van der Waals surface area contributed by atoms with E-state index in [0.717, 1.165) is 37.1 Å². The second-order valence-corrected chi connectivity index (χ2v) is 8.82. The monoisotopic (exact) mass is 448 g/mol. The highest BCUT2D eigenvalue weighted by Crippen LogP contribution is 2.27. The van der Waals surface area contributed by atoms with E-state index in [1.54, 1.807) is 6.07 Å². The quantitative estimate of drug-likeness (QED) is 0.556. The summed E-state index contributed by atoms with van der Waals surface area (Å²) in [6.45, 7) is 4.23. The number of aryl methyl sites for hydroxylation is 1. The maximum atomic E-state index is 13.1. The Bertz CT molecular complexity index is 931. The van der Waals surface area contributed by atoms with E-state index in [-0.39, 0.29) is 29.0 Å². The Labute approximate surface area is 185 Å². The predicted octanol–water partition coefficient (Wildman–Crippen LogP) is 3.93. The van der Waals surface area contributed by atoms with Crippen molar-refractivity contribution in [2.75, 3.05) is 18.8 Å². The Hall–Kier alpha value is -2.22. The van der Waals surface area contributed by atoms with Gasteiger partial charge in [0.15, 0.2) is 0 Å². The highest BCUT2D eigenvalue weighted by Gasteiger charge is 2.25. The third kappa shape index (κ3) is 5.68. The minimum Gasteiger partial charge on any atom is -0.507 e. The Kier molecular flexibility index (Phi) is 7.64. The van der Waals surface area contributed by atoms with Gasteiger partial charge >= 0.3 is 5.97 Å². The molecule has 0 aliphatic carbocycles. The molecule has 6 nitrogen and oxygen atoms in total. The second kappa shape index (κ2) is 10.2. The van der Waals surface area contributed by atoms with Crippen molar-refractivity contribution in [2.24, 2.45) is 0 Å². The zero-order chi connectivity index (χ0) is 21.7. The molecule has 0 atom stereocenters. The molecule has 0 aromatic heterocycles. The number of hydrogen-bond donors (Lipinski definition) is 3. The number of thioether (sulfide) groups is 1. The number of hydrogen-bond acceptors (Lipinski definition) is 5. The molecule has 1 saturated heterocycles. The number of carbonyl (C=O) groups excluding carboxylic acids is 1. The number of piperidine rings is 1. The van der Waals surface area contributed by atoms with E-state index in [9.17, 15) is 14.7 Å². The standard InChI is InChI=1S/C22H25ClN2O4S/c1-14-10-15(2-5-19(14)23)12-25(16-6-8-24-9-7-16)21(27)13-30-17-3-4-18(22(28)29)20(26)11-17/h2-5,10-11,16,24,26H,6-9,12-13H2,1H3,(H,28,29). The summed E-state index contributed by atoms with van der Waals surface area (Å²) in [6, 6.07) is 10.3. The first-order valence-electron chi connectivity index (χ1n) is 9.79. The van der Waals surface area contributed by atoms with Crippen LogP contribution >= 0.6 is 23.4 Å². The number of phenols is 1. The highest BCUT2D eigenvalue weighted by atomic mass is 35.5. The fourth-order valence-electron chi connectivity index (χ4n) is 3.55. The maximum Gasteiger partial charge on any atom is 0.339 e. The minimum absolute atomic E-state index is 0.0151. The molecule has 0 spiro atoms. The van der Waals surface area contributed by atoms with Gasteiger partial charge in [-0.25, -0.2) is 4.79 Å². The molecule has 1 fully saturated rings. The van der Waals surface area contributed by atoms with Gasteiger partial charge in [0.2, 0.25) is 5.91 Å². The molecular weight excluding hydrogens is 424 g/mol. The number of aromatic hydroxyl groups is 1. The van der Waals surface area contributed by atoms with E-state index in [2.05, 4.69) is 5.32 Å². The van der Waals surface area contributed by atoms with Gasteiger partial charge in [-0.1, -0.05) is 23.7 Å². The van der Waals surface area contributed by atoms with Gasteiger partial charge < -0.3 is 20.4 Å². The van der Waals surface area contributed by atoms with Crippen molar-refractivity contribution in [3.05, 3.63) is 58.1 Å². The van der Waals surface area contributed by atoms with Gasteiger partial charge in [-0.05, 0) is 68.2 Å². The van der Waals surface area contributed by atoms with E-state index in [1.807, 2.05) is 30.0 Å². The van der Waals surface area contributed by atoms with Gasteiger partial charge in [0.05, 0.1) is 5.75 Å². The summed E-state index contributed by atoms with van der Waals surface area (Å²) in [4.78, 5) is 26.8. The van der Waals surface area contributed by atoms with Crippen LogP contribution in [0.1, 0.15) is 34.3 Å². The molecule has 0 unspecified atom stereocenters. The molecule has 1 amide bonds. The van der Waals surface area contributed by atoms with Crippen molar-refractivity contribution >= 4 is 35.2 Å². The summed E-state index contributed by atoms with van der Waals surface area (Å²) < 4.78 is 0. The molecule has 1 aliphatic rings. The van der Waals surface area contributed by atoms with Crippen LogP contribution in [0.15, 0.2) is 41.3 Å². The van der Waals surface area contributed by atoms with E-state index in [4.69, 9.17) is 16.7 Å². The number of carboxylic acids is 1. The molecule has 1 heterocycles. The SMILES string of the molecule is Cc1cc(CN(C(=O)CSc2ccc(C(=O)O)c(O)c2)C2CCNCC2)ccc1Cl. The number of halogens is 1. The molecule has 3 N–H and O–H groups in total. The van der Waals surface area contributed by atoms with Gasteiger partial charge in [0.25, 0.3) is 0 Å². The second-order valence-electron chi connectivity index (χ2n) is 7.36. The average Bonchev–Trinajstić information content (AvgIpc) is 2.73. The van der Waals surface area contributed by atoms with Gasteiger partial charge in [-0.15, -0.1) is 11.8 Å². The molecule has 2 aromatic rings. The molecule has 8 heteroatoms. The third-order valence-electron chi connectivity index (χ3n) is 5.21. The number of amides is 1. The minimum atomic E-state index is -1.18. The molecule has 1 aliphatic heterocycles. The summed E-state index contributed by atoms with van der Waals surface area (Å²) in [5.41, 5.74) is 1.87. The van der Waals surface area contributed by atoms with E-state index < -0.39 is 5.97 Å². The predicted molar refractivity (Wildman–Crippen MR) is 118 cm³/mol. The van der Waals surface area contributed by atoms with Crippen LogP contribution in [0.2, 0.25) is 5.02 Å². The largest absolute Gasteiger partial charge is 0.507 e. The van der Waals surface area contributed by atoms with Crippen LogP contribution in [0, 0.1) is 6.92 Å². The van der Waals surface area contributed by atoms with Gasteiger partial charge in [-0.3, -0.25) is 4.79 Å². The van der Waals surface area contributed by atoms with Crippen LogP contribution in [0.25, 0.3) is 0 Å². The van der Waals surface area contributed by atoms with Crippen molar-refractivity contribution in [2.45, 2.75) is 37.2 Å². The van der Waals surface area contributed by atoms with Crippen molar-refractivity contribution in [3.63, 3.8) is 0 Å². The Morgan fingerprint density at radius 2 is 1.93 bits per heavy atom. The molecular formula is C22H25ClN2O4S. The maximum absolute atomic E-state index is 13.1. The van der Waals surface area contributed by atoms with Crippen molar-refractivity contribution in [3.8, 4) is 5.75 Å². The van der Waals surface area contributed by atoms with Crippen LogP contribution in [-0.2, 0) is 11.3 Å². The Morgan fingerprint density at radius 3 is 2.57 bits per heavy atom. The summed E-state index contributed by atoms with van der Waals surface area (Å²) in [5, 5.41) is 22.9. The molecule has 0 bridgehead atoms. The van der Waals surface area contributed by atoms with Gasteiger partial charge in [-0.2, -0.15) is 0 Å². The lowest BCUT2D eigenvalue weighted by molar-refractivity contribution is -0.131. The lowest BCUT2D eigenvalue weighted by atomic mass is 10.0. The van der Waals surface area contributed by atoms with Gasteiger partial charge in [0.1, 0.15) is 11.3 Å². The average molecular weight is 449 g/mol. The normalized spacial score (nSPS) is 14.5. The first kappa shape index (κ1) is 22.5. The fraction of sp³-hybridized carbons (Fsp3) is 0.364. The zero-order valence-electron chi connectivity index (χ0n) is 16.7. The third-order valence-corrected chi connectivity index (χ3v) is 6.61. The van der Waals surface area contributed by atoms with E-state index in [1.165, 1.54) is 23.9 Å². The summed E-state index contributed by atoms with van der Waals surface area (Å²) in [5.74, 6) is -1.26. The lowest BCUT2D eigenvalue weighted by Crippen LogP contribution is -2.46. The summed E-state index contributed by atoms with van der Waals surface area (Å²) in [6.07, 6.45) is 1.80. The molecule has 160 valence electrons. The lowest BCUT2D eigenvalue weighted by Gasteiger charge is -2.35. The molecule has 30 heavy (non-hydrogen) atoms. The smallest absolute Gasteiger partial charge is 0.339 e.